The Morgan fingerprint density at radius 1 is 1.11 bits per heavy atom. The summed E-state index contributed by atoms with van der Waals surface area (Å²) >= 11 is 0. The van der Waals surface area contributed by atoms with Crippen LogP contribution < -0.4 is 0 Å². The minimum Gasteiger partial charge on any atom is -0.396 e. The molecule has 0 aliphatic rings. The van der Waals surface area contributed by atoms with Gasteiger partial charge in [-0.3, -0.25) is 0 Å². The fourth-order valence-corrected chi connectivity index (χ4v) is 2.14. The molecule has 0 radical (unpaired) electrons. The molecule has 0 aromatic heterocycles. The van der Waals surface area contributed by atoms with Crippen molar-refractivity contribution in [2.24, 2.45) is 5.41 Å². The lowest BCUT2D eigenvalue weighted by molar-refractivity contribution is -0.0864. The van der Waals surface area contributed by atoms with Crippen molar-refractivity contribution in [1.29, 1.82) is 0 Å². The zero-order chi connectivity index (χ0) is 15.2. The largest absolute Gasteiger partial charge is 0.396 e. The molecule has 0 fully saturated rings. The van der Waals surface area contributed by atoms with E-state index in [9.17, 15) is 10.2 Å². The quantitative estimate of drug-likeness (QED) is 0.582. The Hall–Kier alpha value is -0.0951. The lowest BCUT2D eigenvalue weighted by atomic mass is 9.77. The molecule has 114 valence electrons. The van der Waals surface area contributed by atoms with Gasteiger partial charge in [-0.15, -0.1) is 0 Å². The van der Waals surface area contributed by atoms with Gasteiger partial charge < -0.3 is 19.7 Å². The van der Waals surface area contributed by atoms with Gasteiger partial charge in [0.1, 0.15) is 7.85 Å². The summed E-state index contributed by atoms with van der Waals surface area (Å²) < 4.78 is 11.3. The Labute approximate surface area is 118 Å². The monoisotopic (exact) mass is 274 g/mol. The molecule has 0 spiro atoms. The Bertz CT molecular complexity index is 242. The molecule has 0 rings (SSSR count). The predicted octanol–water partition coefficient (Wildman–Crippen LogP) is 0.938. The standard InChI is InChI=1S/C14H31BO4/c1-6-14(10-16,11-17)9-12(2,3)19-8-7-13(4,15)18-5/h16-17H,6-11,15H2,1-5H3. The first-order chi connectivity index (χ1) is 8.66. The number of aliphatic hydroxyl groups excluding tert-OH is 2. The second-order valence-corrected chi connectivity index (χ2v) is 6.67. The van der Waals surface area contributed by atoms with E-state index in [1.165, 1.54) is 0 Å². The second-order valence-electron chi connectivity index (χ2n) is 6.67. The van der Waals surface area contributed by atoms with Crippen molar-refractivity contribution < 1.29 is 19.7 Å². The van der Waals surface area contributed by atoms with Crippen molar-refractivity contribution in [3.63, 3.8) is 0 Å². The molecule has 0 heterocycles. The predicted molar refractivity (Wildman–Crippen MR) is 80.1 cm³/mol. The molecule has 4 nitrogen and oxygen atoms in total. The maximum atomic E-state index is 9.50. The highest BCUT2D eigenvalue weighted by Gasteiger charge is 2.35. The Morgan fingerprint density at radius 3 is 2.00 bits per heavy atom. The van der Waals surface area contributed by atoms with Crippen LogP contribution in [0, 0.1) is 5.41 Å². The number of hydrogen-bond donors (Lipinski definition) is 2. The van der Waals surface area contributed by atoms with Crippen LogP contribution in [0.15, 0.2) is 0 Å². The van der Waals surface area contributed by atoms with E-state index in [2.05, 4.69) is 0 Å². The van der Waals surface area contributed by atoms with Gasteiger partial charge in [0.15, 0.2) is 0 Å². The molecule has 0 aromatic carbocycles. The van der Waals surface area contributed by atoms with Crippen LogP contribution in [0.25, 0.3) is 0 Å². The summed E-state index contributed by atoms with van der Waals surface area (Å²) in [7, 11) is 3.73. The molecular formula is C14H31BO4. The van der Waals surface area contributed by atoms with Gasteiger partial charge in [0.25, 0.3) is 0 Å². The molecule has 0 saturated heterocycles. The maximum absolute atomic E-state index is 9.50. The molecule has 0 aliphatic heterocycles. The molecule has 1 atom stereocenters. The van der Waals surface area contributed by atoms with Crippen molar-refractivity contribution in [3.8, 4) is 0 Å². The van der Waals surface area contributed by atoms with Crippen LogP contribution in [-0.2, 0) is 9.47 Å². The normalized spacial score (nSPS) is 16.4. The Kier molecular flexibility index (Phi) is 7.59. The van der Waals surface area contributed by atoms with Gasteiger partial charge in [-0.1, -0.05) is 6.92 Å². The SMILES string of the molecule is BC(C)(CCOC(C)(C)CC(CC)(CO)CO)OC. The molecule has 5 heteroatoms. The van der Waals surface area contributed by atoms with E-state index in [4.69, 9.17) is 9.47 Å². The van der Waals surface area contributed by atoms with E-state index in [1.54, 1.807) is 7.11 Å². The molecule has 0 bridgehead atoms. The van der Waals surface area contributed by atoms with Gasteiger partial charge in [0, 0.05) is 24.6 Å². The fraction of sp³-hybridized carbons (Fsp3) is 1.00. The summed E-state index contributed by atoms with van der Waals surface area (Å²) in [5, 5.41) is 19.0. The zero-order valence-corrected chi connectivity index (χ0v) is 13.5. The van der Waals surface area contributed by atoms with E-state index in [1.807, 2.05) is 35.5 Å². The van der Waals surface area contributed by atoms with Gasteiger partial charge in [-0.25, -0.2) is 0 Å². The highest BCUT2D eigenvalue weighted by molar-refractivity contribution is 6.14. The minimum absolute atomic E-state index is 0.0175. The van der Waals surface area contributed by atoms with Crippen molar-refractivity contribution >= 4 is 7.85 Å². The minimum atomic E-state index is -0.458. The third-order valence-electron chi connectivity index (χ3n) is 3.97. The summed E-state index contributed by atoms with van der Waals surface area (Å²) in [4.78, 5) is 0. The number of rotatable bonds is 10. The third kappa shape index (κ3) is 6.75. The molecule has 19 heavy (non-hydrogen) atoms. The van der Waals surface area contributed by atoms with E-state index in [-0.39, 0.29) is 24.3 Å². The molecule has 1 unspecified atom stereocenters. The van der Waals surface area contributed by atoms with E-state index in [0.29, 0.717) is 13.0 Å². The van der Waals surface area contributed by atoms with Crippen molar-refractivity contribution in [2.75, 3.05) is 26.9 Å². The molecular weight excluding hydrogens is 243 g/mol. The molecule has 0 saturated carbocycles. The van der Waals surface area contributed by atoms with Gasteiger partial charge in [0.05, 0.1) is 18.8 Å². The first-order valence-electron chi connectivity index (χ1n) is 7.07. The van der Waals surface area contributed by atoms with Gasteiger partial charge in [-0.05, 0) is 40.0 Å². The van der Waals surface area contributed by atoms with Crippen LogP contribution in [0.5, 0.6) is 0 Å². The van der Waals surface area contributed by atoms with Gasteiger partial charge >= 0.3 is 0 Å². The summed E-state index contributed by atoms with van der Waals surface area (Å²) in [6.45, 7) is 8.58. The summed E-state index contributed by atoms with van der Waals surface area (Å²) in [5.74, 6) is 0. The summed E-state index contributed by atoms with van der Waals surface area (Å²) in [6, 6.07) is 0. The molecule has 0 aromatic rings. The van der Waals surface area contributed by atoms with Crippen LogP contribution in [-0.4, -0.2) is 56.1 Å². The number of ether oxygens (including phenoxy) is 2. The lowest BCUT2D eigenvalue weighted by Crippen LogP contribution is -2.40. The second kappa shape index (κ2) is 7.62. The van der Waals surface area contributed by atoms with E-state index >= 15 is 0 Å². The highest BCUT2D eigenvalue weighted by atomic mass is 16.5. The van der Waals surface area contributed by atoms with E-state index < -0.39 is 5.41 Å². The average molecular weight is 274 g/mol. The number of aliphatic hydroxyl groups is 2. The van der Waals surface area contributed by atoms with Crippen LogP contribution >= 0.6 is 0 Å². The van der Waals surface area contributed by atoms with Crippen molar-refractivity contribution in [2.45, 2.75) is 58.1 Å². The van der Waals surface area contributed by atoms with Crippen LogP contribution in [0.3, 0.4) is 0 Å². The number of methoxy groups -OCH3 is 1. The zero-order valence-electron chi connectivity index (χ0n) is 13.5. The summed E-state index contributed by atoms with van der Waals surface area (Å²) in [6.07, 6.45) is 2.18. The Balaban J connectivity index is 4.39. The average Bonchev–Trinajstić information content (AvgIpc) is 2.35. The number of hydrogen-bond acceptors (Lipinski definition) is 4. The lowest BCUT2D eigenvalue weighted by Gasteiger charge is -2.37. The van der Waals surface area contributed by atoms with Crippen LogP contribution in [0.1, 0.15) is 47.0 Å². The van der Waals surface area contributed by atoms with Crippen LogP contribution in [0.4, 0.5) is 0 Å². The molecule has 2 N–H and O–H groups in total. The first-order valence-corrected chi connectivity index (χ1v) is 7.07. The van der Waals surface area contributed by atoms with Gasteiger partial charge in [0.2, 0.25) is 0 Å². The Morgan fingerprint density at radius 2 is 1.63 bits per heavy atom. The van der Waals surface area contributed by atoms with Gasteiger partial charge in [-0.2, -0.15) is 0 Å². The van der Waals surface area contributed by atoms with E-state index in [0.717, 1.165) is 12.8 Å². The van der Waals surface area contributed by atoms with Crippen molar-refractivity contribution in [1.82, 2.24) is 0 Å². The first kappa shape index (κ1) is 18.9. The smallest absolute Gasteiger partial charge is 0.143 e. The molecule has 0 aliphatic carbocycles. The third-order valence-corrected chi connectivity index (χ3v) is 3.97. The topological polar surface area (TPSA) is 58.9 Å². The maximum Gasteiger partial charge on any atom is 0.143 e. The van der Waals surface area contributed by atoms with Crippen LogP contribution in [0.2, 0.25) is 0 Å². The molecule has 0 amide bonds. The summed E-state index contributed by atoms with van der Waals surface area (Å²) in [5.41, 5.74) is -1.02. The fourth-order valence-electron chi connectivity index (χ4n) is 2.14. The highest BCUT2D eigenvalue weighted by Crippen LogP contribution is 2.33. The van der Waals surface area contributed by atoms with Crippen molar-refractivity contribution in [3.05, 3.63) is 0 Å².